The van der Waals surface area contributed by atoms with Crippen LogP contribution in [0.4, 0.5) is 22.0 Å². The normalized spacial score (nSPS) is 14.4. The molecular formula is C11H10BrClF5NO2S. The maximum absolute atomic E-state index is 12.9. The fourth-order valence-corrected chi connectivity index (χ4v) is 4.15. The summed E-state index contributed by atoms with van der Waals surface area (Å²) in [6.45, 7) is 1.13. The van der Waals surface area contributed by atoms with Crippen LogP contribution in [0, 0.1) is 0 Å². The van der Waals surface area contributed by atoms with Gasteiger partial charge in [0.1, 0.15) is 10.9 Å². The SMILES string of the molecule is CC[C@H](NS(=O)(=O)c1ccc(Br)c(C(F)F)c1Cl)C(F)(F)F. The maximum atomic E-state index is 12.9. The lowest BCUT2D eigenvalue weighted by Crippen LogP contribution is -2.44. The van der Waals surface area contributed by atoms with E-state index in [1.165, 1.54) is 4.72 Å². The van der Waals surface area contributed by atoms with Gasteiger partial charge in [-0.05, 0) is 18.6 Å². The molecule has 0 amide bonds. The van der Waals surface area contributed by atoms with E-state index in [-0.39, 0.29) is 4.47 Å². The first-order chi connectivity index (χ1) is 9.91. The monoisotopic (exact) mass is 429 g/mol. The van der Waals surface area contributed by atoms with E-state index in [2.05, 4.69) is 15.9 Å². The lowest BCUT2D eigenvalue weighted by Gasteiger charge is -2.21. The Morgan fingerprint density at radius 1 is 1.32 bits per heavy atom. The van der Waals surface area contributed by atoms with Gasteiger partial charge in [-0.2, -0.15) is 17.9 Å². The predicted molar refractivity (Wildman–Crippen MR) is 74.6 cm³/mol. The van der Waals surface area contributed by atoms with Gasteiger partial charge in [-0.3, -0.25) is 0 Å². The highest BCUT2D eigenvalue weighted by molar-refractivity contribution is 9.10. The Morgan fingerprint density at radius 2 is 1.86 bits per heavy atom. The van der Waals surface area contributed by atoms with Crippen LogP contribution in [-0.4, -0.2) is 20.6 Å². The van der Waals surface area contributed by atoms with Crippen molar-refractivity contribution in [1.82, 2.24) is 4.72 Å². The van der Waals surface area contributed by atoms with E-state index < -0.39 is 50.6 Å². The van der Waals surface area contributed by atoms with Gasteiger partial charge < -0.3 is 0 Å². The number of halogens is 7. The summed E-state index contributed by atoms with van der Waals surface area (Å²) in [6, 6.07) is -0.507. The van der Waals surface area contributed by atoms with Gasteiger partial charge in [0.05, 0.1) is 10.6 Å². The fourth-order valence-electron chi connectivity index (χ4n) is 1.59. The third-order valence-electron chi connectivity index (χ3n) is 2.70. The van der Waals surface area contributed by atoms with E-state index in [1.807, 2.05) is 0 Å². The Hall–Kier alpha value is -0.450. The van der Waals surface area contributed by atoms with E-state index in [0.717, 1.165) is 19.1 Å². The molecule has 0 aliphatic rings. The van der Waals surface area contributed by atoms with E-state index >= 15 is 0 Å². The Bertz CT molecular complexity index is 651. The number of rotatable bonds is 5. The highest BCUT2D eigenvalue weighted by Crippen LogP contribution is 2.38. The van der Waals surface area contributed by atoms with Crippen molar-refractivity contribution in [3.63, 3.8) is 0 Å². The molecular weight excluding hydrogens is 421 g/mol. The lowest BCUT2D eigenvalue weighted by molar-refractivity contribution is -0.151. The van der Waals surface area contributed by atoms with Crippen molar-refractivity contribution in [3.8, 4) is 0 Å². The number of hydrogen-bond donors (Lipinski definition) is 1. The van der Waals surface area contributed by atoms with Gasteiger partial charge in [-0.15, -0.1) is 0 Å². The van der Waals surface area contributed by atoms with Crippen molar-refractivity contribution in [2.45, 2.75) is 36.9 Å². The second-order valence-electron chi connectivity index (χ2n) is 4.20. The van der Waals surface area contributed by atoms with E-state index in [9.17, 15) is 30.4 Å². The zero-order chi connectivity index (χ0) is 17.3. The molecule has 3 nitrogen and oxygen atoms in total. The summed E-state index contributed by atoms with van der Waals surface area (Å²) in [5.74, 6) is 0. The molecule has 0 bridgehead atoms. The van der Waals surface area contributed by atoms with Crippen molar-refractivity contribution in [3.05, 3.63) is 27.2 Å². The first kappa shape index (κ1) is 19.6. The second-order valence-corrected chi connectivity index (χ2v) is 7.11. The summed E-state index contributed by atoms with van der Waals surface area (Å²) in [5.41, 5.74) is -0.801. The summed E-state index contributed by atoms with van der Waals surface area (Å²) >= 11 is 8.41. The summed E-state index contributed by atoms with van der Waals surface area (Å²) in [6.07, 6.45) is -8.46. The smallest absolute Gasteiger partial charge is 0.207 e. The van der Waals surface area contributed by atoms with E-state index in [4.69, 9.17) is 11.6 Å². The Kier molecular flexibility index (Phi) is 6.22. The van der Waals surface area contributed by atoms with Crippen LogP contribution in [0.2, 0.25) is 5.02 Å². The second kappa shape index (κ2) is 6.98. The van der Waals surface area contributed by atoms with Crippen LogP contribution in [0.15, 0.2) is 21.5 Å². The molecule has 22 heavy (non-hydrogen) atoms. The van der Waals surface area contributed by atoms with Gasteiger partial charge >= 0.3 is 6.18 Å². The molecule has 0 fully saturated rings. The van der Waals surface area contributed by atoms with Crippen molar-refractivity contribution in [2.75, 3.05) is 0 Å². The van der Waals surface area contributed by atoms with Crippen molar-refractivity contribution in [2.24, 2.45) is 0 Å². The molecule has 0 radical (unpaired) electrons. The average Bonchev–Trinajstić information content (AvgIpc) is 2.33. The number of nitrogens with one attached hydrogen (secondary N) is 1. The Labute approximate surface area is 137 Å². The number of benzene rings is 1. The Balaban J connectivity index is 3.33. The minimum atomic E-state index is -4.81. The molecule has 0 unspecified atom stereocenters. The summed E-state index contributed by atoms with van der Waals surface area (Å²) in [5, 5.41) is -0.825. The molecule has 0 aliphatic heterocycles. The molecule has 1 rings (SSSR count). The molecule has 0 spiro atoms. The average molecular weight is 431 g/mol. The van der Waals surface area contributed by atoms with Crippen LogP contribution in [0.25, 0.3) is 0 Å². The molecule has 1 atom stereocenters. The molecule has 1 aromatic carbocycles. The van der Waals surface area contributed by atoms with Gasteiger partial charge in [0.25, 0.3) is 6.43 Å². The van der Waals surface area contributed by atoms with E-state index in [1.54, 1.807) is 0 Å². The topological polar surface area (TPSA) is 46.2 Å². The minimum Gasteiger partial charge on any atom is -0.207 e. The first-order valence-corrected chi connectivity index (χ1v) is 8.42. The highest BCUT2D eigenvalue weighted by Gasteiger charge is 2.41. The van der Waals surface area contributed by atoms with Crippen LogP contribution < -0.4 is 4.72 Å². The molecule has 0 saturated heterocycles. The first-order valence-electron chi connectivity index (χ1n) is 5.76. The van der Waals surface area contributed by atoms with Gasteiger partial charge in [-0.1, -0.05) is 34.5 Å². The third kappa shape index (κ3) is 4.30. The molecule has 0 aromatic heterocycles. The molecule has 0 aliphatic carbocycles. The largest absolute Gasteiger partial charge is 0.404 e. The van der Waals surface area contributed by atoms with Crippen LogP contribution in [-0.2, 0) is 10.0 Å². The maximum Gasteiger partial charge on any atom is 0.404 e. The summed E-state index contributed by atoms with van der Waals surface area (Å²) < 4.78 is 89.0. The number of alkyl halides is 5. The summed E-state index contributed by atoms with van der Waals surface area (Å²) in [7, 11) is -4.71. The third-order valence-corrected chi connectivity index (χ3v) is 5.42. The lowest BCUT2D eigenvalue weighted by atomic mass is 10.2. The van der Waals surface area contributed by atoms with Gasteiger partial charge in [0.15, 0.2) is 0 Å². The zero-order valence-electron chi connectivity index (χ0n) is 10.9. The van der Waals surface area contributed by atoms with Crippen molar-refractivity contribution in [1.29, 1.82) is 0 Å². The van der Waals surface area contributed by atoms with Crippen molar-refractivity contribution < 1.29 is 30.4 Å². The van der Waals surface area contributed by atoms with Gasteiger partial charge in [-0.25, -0.2) is 17.2 Å². The van der Waals surface area contributed by atoms with Crippen molar-refractivity contribution >= 4 is 37.6 Å². The number of hydrogen-bond acceptors (Lipinski definition) is 2. The van der Waals surface area contributed by atoms with Gasteiger partial charge in [0.2, 0.25) is 10.0 Å². The zero-order valence-corrected chi connectivity index (χ0v) is 14.0. The molecule has 1 aromatic rings. The molecule has 126 valence electrons. The molecule has 1 N–H and O–H groups in total. The predicted octanol–water partition coefficient (Wildman–Crippen LogP) is 4.66. The standard InChI is InChI=1S/C11H10BrClF5NO2S/c1-2-7(11(16,17)18)19-22(20,21)6-4-3-5(12)8(9(6)13)10(14)15/h3-4,7,10,19H,2H2,1H3/t7-/m0/s1. The number of sulfonamides is 1. The Morgan fingerprint density at radius 3 is 2.27 bits per heavy atom. The van der Waals surface area contributed by atoms with Crippen LogP contribution in [0.1, 0.15) is 25.3 Å². The molecule has 11 heteroatoms. The van der Waals surface area contributed by atoms with Gasteiger partial charge in [0, 0.05) is 4.47 Å². The highest BCUT2D eigenvalue weighted by atomic mass is 79.9. The fraction of sp³-hybridized carbons (Fsp3) is 0.455. The minimum absolute atomic E-state index is 0.144. The molecule has 0 saturated carbocycles. The van der Waals surface area contributed by atoms with E-state index in [0.29, 0.717) is 0 Å². The van der Waals surface area contributed by atoms with Crippen LogP contribution >= 0.6 is 27.5 Å². The molecule has 0 heterocycles. The summed E-state index contributed by atoms with van der Waals surface area (Å²) in [4.78, 5) is -0.838. The van der Waals surface area contributed by atoms with Crippen LogP contribution in [0.5, 0.6) is 0 Å². The quantitative estimate of drug-likeness (QED) is 0.691. The van der Waals surface area contributed by atoms with Crippen LogP contribution in [0.3, 0.4) is 0 Å².